The molecule has 0 atom stereocenters. The molecule has 1 aliphatic rings. The van der Waals surface area contributed by atoms with Crippen molar-refractivity contribution in [2.24, 2.45) is 5.92 Å². The molecule has 1 N–H and O–H groups in total. The molecular formula is C13H22N2O3. The van der Waals surface area contributed by atoms with Crippen LogP contribution in [0.3, 0.4) is 0 Å². The van der Waals surface area contributed by atoms with Crippen molar-refractivity contribution in [3.8, 4) is 0 Å². The Labute approximate surface area is 108 Å². The molecule has 1 aliphatic heterocycles. The lowest BCUT2D eigenvalue weighted by Crippen LogP contribution is -2.59. The van der Waals surface area contributed by atoms with E-state index in [1.165, 1.54) is 0 Å². The fourth-order valence-electron chi connectivity index (χ4n) is 2.04. The van der Waals surface area contributed by atoms with Crippen LogP contribution in [0.1, 0.15) is 27.2 Å². The van der Waals surface area contributed by atoms with E-state index in [1.54, 1.807) is 15.9 Å². The monoisotopic (exact) mass is 254 g/mol. The van der Waals surface area contributed by atoms with E-state index in [0.717, 1.165) is 0 Å². The predicted molar refractivity (Wildman–Crippen MR) is 69.4 cm³/mol. The van der Waals surface area contributed by atoms with E-state index >= 15 is 0 Å². The predicted octanol–water partition coefficient (Wildman–Crippen LogP) is 1.80. The zero-order valence-electron chi connectivity index (χ0n) is 11.3. The van der Waals surface area contributed by atoms with Crippen LogP contribution in [0.2, 0.25) is 0 Å². The smallest absolute Gasteiger partial charge is 0.320 e. The summed E-state index contributed by atoms with van der Waals surface area (Å²) in [6, 6.07) is -0.0379. The molecule has 0 spiro atoms. The first kappa shape index (κ1) is 14.5. The zero-order chi connectivity index (χ0) is 13.9. The molecule has 18 heavy (non-hydrogen) atoms. The minimum Gasteiger partial charge on any atom is -0.481 e. The van der Waals surface area contributed by atoms with Gasteiger partial charge in [-0.05, 0) is 20.8 Å². The number of aliphatic carboxylic acids is 1. The molecule has 0 unspecified atom stereocenters. The third kappa shape index (κ3) is 3.48. The summed E-state index contributed by atoms with van der Waals surface area (Å²) in [6.45, 7) is 11.2. The Morgan fingerprint density at radius 1 is 1.44 bits per heavy atom. The van der Waals surface area contributed by atoms with Crippen molar-refractivity contribution in [1.29, 1.82) is 0 Å². The summed E-state index contributed by atoms with van der Waals surface area (Å²) >= 11 is 0. The molecular weight excluding hydrogens is 232 g/mol. The van der Waals surface area contributed by atoms with Gasteiger partial charge >= 0.3 is 12.0 Å². The highest BCUT2D eigenvalue weighted by molar-refractivity contribution is 5.77. The van der Waals surface area contributed by atoms with Crippen LogP contribution in [0.25, 0.3) is 0 Å². The van der Waals surface area contributed by atoms with Crippen LogP contribution in [0.15, 0.2) is 12.7 Å². The van der Waals surface area contributed by atoms with Crippen LogP contribution < -0.4 is 0 Å². The molecule has 1 fully saturated rings. The summed E-state index contributed by atoms with van der Waals surface area (Å²) in [6.07, 6.45) is 1.85. The van der Waals surface area contributed by atoms with E-state index in [-0.39, 0.29) is 23.9 Å². The molecule has 2 amide bonds. The first-order chi connectivity index (χ1) is 8.25. The molecule has 0 bridgehead atoms. The van der Waals surface area contributed by atoms with Crippen molar-refractivity contribution >= 4 is 12.0 Å². The van der Waals surface area contributed by atoms with E-state index < -0.39 is 5.97 Å². The number of carboxylic acid groups (broad SMARTS) is 1. The molecule has 0 radical (unpaired) electrons. The van der Waals surface area contributed by atoms with E-state index in [4.69, 9.17) is 5.11 Å². The zero-order valence-corrected chi connectivity index (χ0v) is 11.3. The quantitative estimate of drug-likeness (QED) is 0.778. The van der Waals surface area contributed by atoms with Gasteiger partial charge < -0.3 is 14.9 Å². The third-order valence-electron chi connectivity index (χ3n) is 3.04. The van der Waals surface area contributed by atoms with Crippen LogP contribution >= 0.6 is 0 Å². The number of rotatable bonds is 4. The highest BCUT2D eigenvalue weighted by Gasteiger charge is 2.37. The molecule has 5 nitrogen and oxygen atoms in total. The van der Waals surface area contributed by atoms with E-state index in [9.17, 15) is 9.59 Å². The van der Waals surface area contributed by atoms with Gasteiger partial charge in [0.15, 0.2) is 0 Å². The lowest BCUT2D eigenvalue weighted by Gasteiger charge is -2.45. The van der Waals surface area contributed by atoms with Gasteiger partial charge in [-0.1, -0.05) is 6.08 Å². The average Bonchev–Trinajstić information content (AvgIpc) is 2.16. The van der Waals surface area contributed by atoms with Crippen molar-refractivity contribution in [2.45, 2.75) is 32.7 Å². The lowest BCUT2D eigenvalue weighted by atomic mass is 9.96. The topological polar surface area (TPSA) is 60.9 Å². The second kappa shape index (κ2) is 5.42. The Kier molecular flexibility index (Phi) is 4.38. The van der Waals surface area contributed by atoms with Crippen LogP contribution in [0, 0.1) is 5.92 Å². The number of carboxylic acids is 1. The van der Waals surface area contributed by atoms with E-state index in [0.29, 0.717) is 19.6 Å². The van der Waals surface area contributed by atoms with Gasteiger partial charge in [0.2, 0.25) is 0 Å². The van der Waals surface area contributed by atoms with Crippen molar-refractivity contribution < 1.29 is 14.7 Å². The third-order valence-corrected chi connectivity index (χ3v) is 3.04. The van der Waals surface area contributed by atoms with Gasteiger partial charge in [-0.2, -0.15) is 0 Å². The number of hydrogen-bond acceptors (Lipinski definition) is 2. The standard InChI is InChI=1S/C13H22N2O3/c1-5-6-15(13(2,3)4)12(18)14-8-10(9-14)7-11(16)17/h5,10H,1,6-9H2,2-4H3,(H,16,17). The second-order valence-corrected chi connectivity index (χ2v) is 5.72. The van der Waals surface area contributed by atoms with Crippen molar-refractivity contribution in [1.82, 2.24) is 9.80 Å². The molecule has 5 heteroatoms. The van der Waals surface area contributed by atoms with Gasteiger partial charge in [0.05, 0.1) is 6.42 Å². The highest BCUT2D eigenvalue weighted by Crippen LogP contribution is 2.23. The van der Waals surface area contributed by atoms with Crippen molar-refractivity contribution in [3.05, 3.63) is 12.7 Å². The van der Waals surface area contributed by atoms with Gasteiger partial charge in [0.25, 0.3) is 0 Å². The number of likely N-dealkylation sites (tertiary alicyclic amines) is 1. The lowest BCUT2D eigenvalue weighted by molar-refractivity contribution is -0.139. The van der Waals surface area contributed by atoms with Gasteiger partial charge in [-0.3, -0.25) is 4.79 Å². The number of carbonyl (C=O) groups is 2. The summed E-state index contributed by atoms with van der Waals surface area (Å²) in [7, 11) is 0. The number of carbonyl (C=O) groups excluding carboxylic acids is 1. The Morgan fingerprint density at radius 2 is 2.00 bits per heavy atom. The molecule has 1 saturated heterocycles. The highest BCUT2D eigenvalue weighted by atomic mass is 16.4. The van der Waals surface area contributed by atoms with Crippen LogP contribution in [-0.2, 0) is 4.79 Å². The van der Waals surface area contributed by atoms with Crippen molar-refractivity contribution in [3.63, 3.8) is 0 Å². The maximum Gasteiger partial charge on any atom is 0.320 e. The van der Waals surface area contributed by atoms with Gasteiger partial charge in [-0.25, -0.2) is 4.79 Å². The molecule has 1 rings (SSSR count). The number of hydrogen-bond donors (Lipinski definition) is 1. The normalized spacial score (nSPS) is 16.1. The number of urea groups is 1. The molecule has 1 heterocycles. The SMILES string of the molecule is C=CCN(C(=O)N1CC(CC(=O)O)C1)C(C)(C)C. The summed E-state index contributed by atoms with van der Waals surface area (Å²) in [5.74, 6) is -0.706. The molecule has 0 aromatic rings. The van der Waals surface area contributed by atoms with Crippen LogP contribution in [-0.4, -0.2) is 52.1 Å². The Bertz CT molecular complexity index is 341. The largest absolute Gasteiger partial charge is 0.481 e. The van der Waals surface area contributed by atoms with Gasteiger partial charge in [-0.15, -0.1) is 6.58 Å². The van der Waals surface area contributed by atoms with Crippen molar-refractivity contribution in [2.75, 3.05) is 19.6 Å². The minimum atomic E-state index is -0.800. The molecule has 0 aromatic carbocycles. The Balaban J connectivity index is 2.54. The molecule has 0 aliphatic carbocycles. The minimum absolute atomic E-state index is 0.0379. The maximum atomic E-state index is 12.3. The number of amides is 2. The fourth-order valence-corrected chi connectivity index (χ4v) is 2.04. The average molecular weight is 254 g/mol. The maximum absolute atomic E-state index is 12.3. The number of nitrogens with zero attached hydrogens (tertiary/aromatic N) is 2. The summed E-state index contributed by atoms with van der Waals surface area (Å²) in [4.78, 5) is 26.2. The van der Waals surface area contributed by atoms with Gasteiger partial charge in [0, 0.05) is 31.1 Å². The summed E-state index contributed by atoms with van der Waals surface area (Å²) < 4.78 is 0. The second-order valence-electron chi connectivity index (χ2n) is 5.72. The van der Waals surface area contributed by atoms with Crippen LogP contribution in [0.5, 0.6) is 0 Å². The fraction of sp³-hybridized carbons (Fsp3) is 0.692. The Morgan fingerprint density at radius 3 is 2.39 bits per heavy atom. The summed E-state index contributed by atoms with van der Waals surface area (Å²) in [5, 5.41) is 8.67. The molecule has 102 valence electrons. The van der Waals surface area contributed by atoms with Gasteiger partial charge in [0.1, 0.15) is 0 Å². The first-order valence-corrected chi connectivity index (χ1v) is 6.15. The molecule has 0 aromatic heterocycles. The Hall–Kier alpha value is -1.52. The van der Waals surface area contributed by atoms with Crippen LogP contribution in [0.4, 0.5) is 4.79 Å². The first-order valence-electron chi connectivity index (χ1n) is 6.15. The molecule has 0 saturated carbocycles. The van der Waals surface area contributed by atoms with E-state index in [2.05, 4.69) is 6.58 Å². The van der Waals surface area contributed by atoms with E-state index in [1.807, 2.05) is 20.8 Å². The summed E-state index contributed by atoms with van der Waals surface area (Å²) in [5.41, 5.74) is -0.261.